The van der Waals surface area contributed by atoms with Gasteiger partial charge in [-0.15, -0.1) is 0 Å². The lowest BCUT2D eigenvalue weighted by Gasteiger charge is -2.35. The molecule has 0 unspecified atom stereocenters. The van der Waals surface area contributed by atoms with Gasteiger partial charge in [-0.3, -0.25) is 0 Å². The van der Waals surface area contributed by atoms with Crippen LogP contribution in [0, 0.1) is 6.07 Å². The fraction of sp³-hybridized carbons (Fsp3) is 0.583. The molecule has 1 fully saturated rings. The molecule has 0 bridgehead atoms. The van der Waals surface area contributed by atoms with E-state index >= 15 is 0 Å². The number of aromatic nitrogens is 1. The lowest BCUT2D eigenvalue weighted by molar-refractivity contribution is 0.249. The van der Waals surface area contributed by atoms with Crippen molar-refractivity contribution in [1.82, 2.24) is 9.88 Å². The summed E-state index contributed by atoms with van der Waals surface area (Å²) in [5.41, 5.74) is 0. The Kier molecular flexibility index (Phi) is 3.21. The molecule has 1 aromatic heterocycles. The average Bonchev–Trinajstić information content (AvgIpc) is 2.30. The summed E-state index contributed by atoms with van der Waals surface area (Å²) in [6.45, 7) is 2.22. The van der Waals surface area contributed by atoms with E-state index < -0.39 is 0 Å². The Hall–Kier alpha value is -1.09. The van der Waals surface area contributed by atoms with E-state index in [1.807, 2.05) is 12.1 Å². The number of pyridine rings is 1. The third-order valence-electron chi connectivity index (χ3n) is 3.12. The van der Waals surface area contributed by atoms with Gasteiger partial charge < -0.3 is 9.80 Å². The summed E-state index contributed by atoms with van der Waals surface area (Å²) >= 11 is 0. The molecule has 1 aliphatic rings. The van der Waals surface area contributed by atoms with Gasteiger partial charge in [-0.1, -0.05) is 0 Å². The number of hydrogen-bond acceptors (Lipinski definition) is 3. The number of piperidine rings is 1. The van der Waals surface area contributed by atoms with Gasteiger partial charge in [0.2, 0.25) is 0 Å². The quantitative estimate of drug-likeness (QED) is 0.726. The fourth-order valence-corrected chi connectivity index (χ4v) is 2.11. The van der Waals surface area contributed by atoms with Gasteiger partial charge in [0, 0.05) is 31.4 Å². The van der Waals surface area contributed by atoms with Gasteiger partial charge >= 0.3 is 0 Å². The van der Waals surface area contributed by atoms with Crippen LogP contribution in [0.4, 0.5) is 5.82 Å². The van der Waals surface area contributed by atoms with E-state index in [0.29, 0.717) is 0 Å². The Labute approximate surface area is 91.7 Å². The van der Waals surface area contributed by atoms with Crippen molar-refractivity contribution < 1.29 is 0 Å². The second-order valence-electron chi connectivity index (χ2n) is 4.30. The SMILES string of the molecule is CN(C)C1CCN(c2cc[c]cn2)CC1. The molecular weight excluding hydrogens is 186 g/mol. The van der Waals surface area contributed by atoms with Crippen molar-refractivity contribution in [3.8, 4) is 0 Å². The molecule has 81 valence electrons. The summed E-state index contributed by atoms with van der Waals surface area (Å²) in [6, 6.07) is 7.65. The molecule has 2 heterocycles. The Morgan fingerprint density at radius 3 is 2.67 bits per heavy atom. The molecule has 0 saturated carbocycles. The van der Waals surface area contributed by atoms with E-state index in [0.717, 1.165) is 24.9 Å². The fourth-order valence-electron chi connectivity index (χ4n) is 2.11. The van der Waals surface area contributed by atoms with Crippen LogP contribution in [-0.2, 0) is 0 Å². The first-order chi connectivity index (χ1) is 7.27. The minimum Gasteiger partial charge on any atom is -0.357 e. The van der Waals surface area contributed by atoms with Crippen LogP contribution in [0.1, 0.15) is 12.8 Å². The first-order valence-electron chi connectivity index (χ1n) is 5.51. The molecule has 1 aromatic rings. The van der Waals surface area contributed by atoms with Crippen molar-refractivity contribution >= 4 is 5.82 Å². The Bertz CT molecular complexity index is 289. The lowest BCUT2D eigenvalue weighted by atomic mass is 10.0. The summed E-state index contributed by atoms with van der Waals surface area (Å²) < 4.78 is 0. The van der Waals surface area contributed by atoms with Crippen LogP contribution in [0.5, 0.6) is 0 Å². The number of nitrogens with zero attached hydrogens (tertiary/aromatic N) is 3. The predicted molar refractivity (Wildman–Crippen MR) is 62.0 cm³/mol. The van der Waals surface area contributed by atoms with Gasteiger partial charge in [0.15, 0.2) is 0 Å². The van der Waals surface area contributed by atoms with Gasteiger partial charge in [-0.25, -0.2) is 4.98 Å². The average molecular weight is 204 g/mol. The minimum absolute atomic E-state index is 0.733. The van der Waals surface area contributed by atoms with Gasteiger partial charge in [-0.2, -0.15) is 0 Å². The molecule has 3 heteroatoms. The molecular formula is C12H18N3. The van der Waals surface area contributed by atoms with E-state index in [4.69, 9.17) is 0 Å². The first kappa shape index (κ1) is 10.4. The lowest BCUT2D eigenvalue weighted by Crippen LogP contribution is -2.42. The van der Waals surface area contributed by atoms with Crippen LogP contribution < -0.4 is 4.90 Å². The molecule has 1 saturated heterocycles. The normalized spacial score (nSPS) is 18.5. The third kappa shape index (κ3) is 2.48. The molecule has 0 aromatic carbocycles. The molecule has 0 aliphatic carbocycles. The smallest absolute Gasteiger partial charge is 0.128 e. The van der Waals surface area contributed by atoms with E-state index in [1.54, 1.807) is 6.20 Å². The Morgan fingerprint density at radius 2 is 2.13 bits per heavy atom. The highest BCUT2D eigenvalue weighted by atomic mass is 15.2. The van der Waals surface area contributed by atoms with Gasteiger partial charge in [-0.05, 0) is 39.1 Å². The Morgan fingerprint density at radius 1 is 1.40 bits per heavy atom. The largest absolute Gasteiger partial charge is 0.357 e. The van der Waals surface area contributed by atoms with Crippen LogP contribution in [0.3, 0.4) is 0 Å². The van der Waals surface area contributed by atoms with Crippen molar-refractivity contribution in [2.45, 2.75) is 18.9 Å². The topological polar surface area (TPSA) is 19.4 Å². The second kappa shape index (κ2) is 4.62. The van der Waals surface area contributed by atoms with Crippen molar-refractivity contribution in [2.24, 2.45) is 0 Å². The van der Waals surface area contributed by atoms with Gasteiger partial charge in [0.05, 0.1) is 0 Å². The number of hydrogen-bond donors (Lipinski definition) is 0. The van der Waals surface area contributed by atoms with Crippen molar-refractivity contribution in [1.29, 1.82) is 0 Å². The molecule has 2 rings (SSSR count). The maximum Gasteiger partial charge on any atom is 0.128 e. The summed E-state index contributed by atoms with van der Waals surface area (Å²) in [7, 11) is 4.33. The zero-order chi connectivity index (χ0) is 10.7. The summed E-state index contributed by atoms with van der Waals surface area (Å²) in [5, 5.41) is 0. The van der Waals surface area contributed by atoms with E-state index in [1.165, 1.54) is 12.8 Å². The summed E-state index contributed by atoms with van der Waals surface area (Å²) in [4.78, 5) is 9.01. The predicted octanol–water partition coefficient (Wildman–Crippen LogP) is 1.41. The maximum absolute atomic E-state index is 4.33. The van der Waals surface area contributed by atoms with E-state index in [9.17, 15) is 0 Å². The Balaban J connectivity index is 1.94. The molecule has 0 amide bonds. The van der Waals surface area contributed by atoms with E-state index in [-0.39, 0.29) is 0 Å². The highest BCUT2D eigenvalue weighted by molar-refractivity contribution is 5.37. The summed E-state index contributed by atoms with van der Waals surface area (Å²) in [6.07, 6.45) is 4.20. The van der Waals surface area contributed by atoms with Crippen LogP contribution in [0.25, 0.3) is 0 Å². The highest BCUT2D eigenvalue weighted by Gasteiger charge is 2.20. The van der Waals surface area contributed by atoms with Crippen molar-refractivity contribution in [3.63, 3.8) is 0 Å². The molecule has 0 N–H and O–H groups in total. The van der Waals surface area contributed by atoms with Gasteiger partial charge in [0.1, 0.15) is 5.82 Å². The van der Waals surface area contributed by atoms with Crippen molar-refractivity contribution in [3.05, 3.63) is 24.4 Å². The van der Waals surface area contributed by atoms with Crippen LogP contribution in [-0.4, -0.2) is 43.1 Å². The monoisotopic (exact) mass is 204 g/mol. The first-order valence-corrected chi connectivity index (χ1v) is 5.51. The second-order valence-corrected chi connectivity index (χ2v) is 4.30. The minimum atomic E-state index is 0.733. The molecule has 0 atom stereocenters. The van der Waals surface area contributed by atoms with Crippen LogP contribution >= 0.6 is 0 Å². The standard InChI is InChI=1S/C12H18N3/c1-14(2)11-6-9-15(10-7-11)12-5-3-4-8-13-12/h3,5,8,11H,6-7,9-10H2,1-2H3. The zero-order valence-corrected chi connectivity index (χ0v) is 9.48. The molecule has 15 heavy (non-hydrogen) atoms. The molecule has 0 spiro atoms. The molecule has 1 aliphatic heterocycles. The maximum atomic E-state index is 4.33. The zero-order valence-electron chi connectivity index (χ0n) is 9.48. The number of rotatable bonds is 2. The highest BCUT2D eigenvalue weighted by Crippen LogP contribution is 2.18. The molecule has 1 radical (unpaired) electrons. The van der Waals surface area contributed by atoms with Crippen LogP contribution in [0.15, 0.2) is 18.3 Å². The van der Waals surface area contributed by atoms with E-state index in [2.05, 4.69) is 34.9 Å². The van der Waals surface area contributed by atoms with Crippen LogP contribution in [0.2, 0.25) is 0 Å². The third-order valence-corrected chi connectivity index (χ3v) is 3.12. The summed E-state index contributed by atoms with van der Waals surface area (Å²) in [5.74, 6) is 1.09. The number of anilines is 1. The van der Waals surface area contributed by atoms with Gasteiger partial charge in [0.25, 0.3) is 0 Å². The van der Waals surface area contributed by atoms with Crippen molar-refractivity contribution in [2.75, 3.05) is 32.1 Å². The molecule has 3 nitrogen and oxygen atoms in total.